The van der Waals surface area contributed by atoms with Crippen LogP contribution in [0.15, 0.2) is 0 Å². The molecular weight excluding hydrogens is 166 g/mol. The highest BCUT2D eigenvalue weighted by atomic mass is 32.2. The Kier molecular flexibility index (Phi) is 2.97. The first-order valence-electron chi connectivity index (χ1n) is 5.19. The lowest BCUT2D eigenvalue weighted by Gasteiger charge is -2.21. The van der Waals surface area contributed by atoms with Crippen LogP contribution in [0.4, 0.5) is 0 Å². The lowest BCUT2D eigenvalue weighted by Crippen LogP contribution is -2.22. The lowest BCUT2D eigenvalue weighted by atomic mass is 9.93. The van der Waals surface area contributed by atoms with Crippen LogP contribution < -0.4 is 0 Å². The van der Waals surface area contributed by atoms with E-state index in [1.165, 1.54) is 45.2 Å². The van der Waals surface area contributed by atoms with Gasteiger partial charge < -0.3 is 0 Å². The van der Waals surface area contributed by atoms with Crippen molar-refractivity contribution in [2.75, 3.05) is 19.3 Å². The second kappa shape index (κ2) is 4.01. The van der Waals surface area contributed by atoms with E-state index in [0.717, 1.165) is 11.8 Å². The van der Waals surface area contributed by atoms with Crippen LogP contribution in [0.1, 0.15) is 32.1 Å². The average Bonchev–Trinajstić information content (AvgIpc) is 2.43. The van der Waals surface area contributed by atoms with Gasteiger partial charge in [0.15, 0.2) is 0 Å². The van der Waals surface area contributed by atoms with Crippen molar-refractivity contribution in [3.63, 3.8) is 0 Å². The fraction of sp³-hybridized carbons (Fsp3) is 1.00. The first-order chi connectivity index (χ1) is 5.90. The Morgan fingerprint density at radius 1 is 1.08 bits per heavy atom. The Morgan fingerprint density at radius 3 is 2.67 bits per heavy atom. The summed E-state index contributed by atoms with van der Waals surface area (Å²) in [5, 5.41) is 0. The molecule has 1 nitrogen and oxygen atoms in total. The summed E-state index contributed by atoms with van der Waals surface area (Å²) in [5.74, 6) is 2.13. The molecule has 2 rings (SSSR count). The van der Waals surface area contributed by atoms with Gasteiger partial charge in [-0.15, -0.1) is 0 Å². The molecule has 0 N–H and O–H groups in total. The number of hydrogen-bond acceptors (Lipinski definition) is 2. The maximum absolute atomic E-state index is 2.57. The molecule has 0 aromatic heterocycles. The van der Waals surface area contributed by atoms with E-state index in [1.807, 2.05) is 11.9 Å². The molecule has 1 aliphatic carbocycles. The van der Waals surface area contributed by atoms with Crippen LogP contribution >= 0.6 is 11.9 Å². The summed E-state index contributed by atoms with van der Waals surface area (Å²) >= 11 is 1.94. The van der Waals surface area contributed by atoms with Crippen LogP contribution in [0.25, 0.3) is 0 Å². The molecule has 0 radical (unpaired) electrons. The molecule has 0 bridgehead atoms. The van der Waals surface area contributed by atoms with Gasteiger partial charge in [-0.05, 0) is 37.4 Å². The summed E-state index contributed by atoms with van der Waals surface area (Å²) < 4.78 is 2.57. The van der Waals surface area contributed by atoms with E-state index in [0.29, 0.717) is 0 Å². The fourth-order valence-electron chi connectivity index (χ4n) is 2.78. The third-order valence-corrected chi connectivity index (χ3v) is 4.34. The Morgan fingerprint density at radius 2 is 1.83 bits per heavy atom. The molecule has 2 aliphatic rings. The molecule has 70 valence electrons. The second-order valence-corrected chi connectivity index (χ2v) is 5.05. The van der Waals surface area contributed by atoms with Crippen molar-refractivity contribution in [3.8, 4) is 0 Å². The van der Waals surface area contributed by atoms with Gasteiger partial charge in [-0.2, -0.15) is 0 Å². The number of nitrogens with zero attached hydrogens (tertiary/aromatic N) is 1. The molecule has 0 spiro atoms. The van der Waals surface area contributed by atoms with Crippen molar-refractivity contribution in [1.82, 2.24) is 4.31 Å². The highest BCUT2D eigenvalue weighted by Crippen LogP contribution is 2.38. The summed E-state index contributed by atoms with van der Waals surface area (Å²) in [6, 6.07) is 0. The normalized spacial score (nSPS) is 37.8. The lowest BCUT2D eigenvalue weighted by molar-refractivity contribution is 0.348. The molecule has 2 fully saturated rings. The van der Waals surface area contributed by atoms with Crippen LogP contribution in [0.2, 0.25) is 0 Å². The largest absolute Gasteiger partial charge is 0.251 e. The molecule has 0 aromatic carbocycles. The predicted octanol–water partition coefficient (Wildman–Crippen LogP) is 2.78. The van der Waals surface area contributed by atoms with E-state index in [2.05, 4.69) is 10.6 Å². The van der Waals surface area contributed by atoms with Crippen LogP contribution in [-0.2, 0) is 0 Å². The summed E-state index contributed by atoms with van der Waals surface area (Å²) in [6.07, 6.45) is 9.67. The topological polar surface area (TPSA) is 3.24 Å². The van der Waals surface area contributed by atoms with Crippen LogP contribution in [0, 0.1) is 11.8 Å². The molecule has 2 atom stereocenters. The minimum absolute atomic E-state index is 1.04. The second-order valence-electron chi connectivity index (χ2n) is 4.16. The monoisotopic (exact) mass is 185 g/mol. The van der Waals surface area contributed by atoms with Crippen LogP contribution in [0.3, 0.4) is 0 Å². The van der Waals surface area contributed by atoms with Gasteiger partial charge in [-0.1, -0.05) is 24.8 Å². The molecule has 2 heteroatoms. The smallest absolute Gasteiger partial charge is 0.0120 e. The zero-order chi connectivity index (χ0) is 8.39. The zero-order valence-corrected chi connectivity index (χ0v) is 8.78. The predicted molar refractivity (Wildman–Crippen MR) is 55.2 cm³/mol. The van der Waals surface area contributed by atoms with E-state index in [4.69, 9.17) is 0 Å². The molecule has 0 aromatic rings. The Balaban J connectivity index is 1.94. The van der Waals surface area contributed by atoms with E-state index in [-0.39, 0.29) is 0 Å². The standard InChI is InChI=1S/C10H19NS/c1-12-11-7-3-6-9-4-2-5-10(9)8-11/h9-10H,2-8H2,1H3. The highest BCUT2D eigenvalue weighted by Gasteiger charge is 2.30. The summed E-state index contributed by atoms with van der Waals surface area (Å²) in [6.45, 7) is 2.69. The van der Waals surface area contributed by atoms with Crippen molar-refractivity contribution in [1.29, 1.82) is 0 Å². The molecular formula is C10H19NS. The Hall–Kier alpha value is 0.310. The number of fused-ring (bicyclic) bond motifs is 1. The quantitative estimate of drug-likeness (QED) is 0.578. The zero-order valence-electron chi connectivity index (χ0n) is 7.96. The fourth-order valence-corrected chi connectivity index (χ4v) is 3.43. The first-order valence-corrected chi connectivity index (χ1v) is 6.37. The number of rotatable bonds is 1. The molecule has 1 heterocycles. The SMILES string of the molecule is CSN1CCCC2CCCC2C1. The van der Waals surface area contributed by atoms with Gasteiger partial charge in [0.05, 0.1) is 0 Å². The van der Waals surface area contributed by atoms with Crippen molar-refractivity contribution in [2.45, 2.75) is 32.1 Å². The summed E-state index contributed by atoms with van der Waals surface area (Å²) in [5.41, 5.74) is 0. The molecule has 2 unspecified atom stereocenters. The maximum Gasteiger partial charge on any atom is 0.0120 e. The minimum Gasteiger partial charge on any atom is -0.251 e. The van der Waals surface area contributed by atoms with Gasteiger partial charge in [0.1, 0.15) is 0 Å². The van der Waals surface area contributed by atoms with Crippen molar-refractivity contribution in [3.05, 3.63) is 0 Å². The number of hydrogen-bond donors (Lipinski definition) is 0. The minimum atomic E-state index is 1.04. The molecule has 1 aliphatic heterocycles. The van der Waals surface area contributed by atoms with E-state index in [9.17, 15) is 0 Å². The average molecular weight is 185 g/mol. The Bertz CT molecular complexity index is 149. The third-order valence-electron chi connectivity index (χ3n) is 3.50. The molecule has 1 saturated heterocycles. The molecule has 12 heavy (non-hydrogen) atoms. The van der Waals surface area contributed by atoms with Gasteiger partial charge in [0.25, 0.3) is 0 Å². The van der Waals surface area contributed by atoms with Gasteiger partial charge >= 0.3 is 0 Å². The van der Waals surface area contributed by atoms with Crippen molar-refractivity contribution in [2.24, 2.45) is 11.8 Å². The van der Waals surface area contributed by atoms with Crippen molar-refractivity contribution < 1.29 is 0 Å². The van der Waals surface area contributed by atoms with Gasteiger partial charge in [-0.25, -0.2) is 0 Å². The molecule has 0 amide bonds. The summed E-state index contributed by atoms with van der Waals surface area (Å²) in [7, 11) is 0. The Labute approximate surface area is 80.0 Å². The van der Waals surface area contributed by atoms with Gasteiger partial charge in [0.2, 0.25) is 0 Å². The summed E-state index contributed by atoms with van der Waals surface area (Å²) in [4.78, 5) is 0. The van der Waals surface area contributed by atoms with Crippen LogP contribution in [-0.4, -0.2) is 23.7 Å². The van der Waals surface area contributed by atoms with E-state index >= 15 is 0 Å². The van der Waals surface area contributed by atoms with Gasteiger partial charge in [-0.3, -0.25) is 4.31 Å². The highest BCUT2D eigenvalue weighted by molar-refractivity contribution is 7.96. The first kappa shape index (κ1) is 8.89. The van der Waals surface area contributed by atoms with E-state index < -0.39 is 0 Å². The third kappa shape index (κ3) is 1.80. The van der Waals surface area contributed by atoms with E-state index in [1.54, 1.807) is 0 Å². The van der Waals surface area contributed by atoms with Crippen LogP contribution in [0.5, 0.6) is 0 Å². The van der Waals surface area contributed by atoms with Gasteiger partial charge in [0, 0.05) is 13.1 Å². The van der Waals surface area contributed by atoms with Crippen molar-refractivity contribution >= 4 is 11.9 Å². The molecule has 1 saturated carbocycles. The maximum atomic E-state index is 2.57.